The van der Waals surface area contributed by atoms with Crippen LogP contribution in [0, 0.1) is 0 Å². The first-order valence-electron chi connectivity index (χ1n) is 9.00. The van der Waals surface area contributed by atoms with E-state index in [-0.39, 0.29) is 6.04 Å². The van der Waals surface area contributed by atoms with Gasteiger partial charge in [0, 0.05) is 0 Å². The first-order chi connectivity index (χ1) is 10.9. The Morgan fingerprint density at radius 3 is 1.95 bits per heavy atom. The Morgan fingerprint density at radius 1 is 0.864 bits per heavy atom. The van der Waals surface area contributed by atoms with Gasteiger partial charge in [0.2, 0.25) is 6.08 Å². The molecule has 1 unspecified atom stereocenters. The number of isocyanates is 1. The van der Waals surface area contributed by atoms with Crippen LogP contribution in [0.25, 0.3) is 0 Å². The zero-order chi connectivity index (χ0) is 15.9. The monoisotopic (exact) mass is 301 g/mol. The first-order valence-corrected chi connectivity index (χ1v) is 9.00. The van der Waals surface area contributed by atoms with Crippen molar-refractivity contribution in [2.24, 2.45) is 4.99 Å². The van der Waals surface area contributed by atoms with E-state index in [1.165, 1.54) is 57.8 Å². The van der Waals surface area contributed by atoms with Crippen LogP contribution < -0.4 is 0 Å². The summed E-state index contributed by atoms with van der Waals surface area (Å²) in [5, 5.41) is 0. The average molecular weight is 301 g/mol. The lowest BCUT2D eigenvalue weighted by molar-refractivity contribution is 0.522. The molecule has 0 amide bonds. The summed E-state index contributed by atoms with van der Waals surface area (Å²) in [5.41, 5.74) is 1.13. The Labute approximate surface area is 136 Å². The lowest BCUT2D eigenvalue weighted by atomic mass is 10.00. The van der Waals surface area contributed by atoms with Gasteiger partial charge in [0.1, 0.15) is 0 Å². The zero-order valence-corrected chi connectivity index (χ0v) is 14.1. The van der Waals surface area contributed by atoms with Crippen molar-refractivity contribution in [2.75, 3.05) is 0 Å². The number of hydrogen-bond donors (Lipinski definition) is 0. The molecule has 2 heteroatoms. The molecule has 0 aromatic heterocycles. The van der Waals surface area contributed by atoms with Crippen molar-refractivity contribution < 1.29 is 4.79 Å². The number of benzene rings is 1. The van der Waals surface area contributed by atoms with Crippen molar-refractivity contribution in [2.45, 2.75) is 83.6 Å². The molecule has 1 aromatic rings. The van der Waals surface area contributed by atoms with E-state index in [2.05, 4.69) is 11.9 Å². The molecule has 0 saturated heterocycles. The molecule has 0 spiro atoms. The van der Waals surface area contributed by atoms with Crippen LogP contribution in [0.15, 0.2) is 35.3 Å². The van der Waals surface area contributed by atoms with Gasteiger partial charge in [-0.25, -0.2) is 4.79 Å². The second-order valence-corrected chi connectivity index (χ2v) is 6.12. The summed E-state index contributed by atoms with van der Waals surface area (Å²) >= 11 is 0. The van der Waals surface area contributed by atoms with Gasteiger partial charge in [0.15, 0.2) is 0 Å². The van der Waals surface area contributed by atoms with Crippen molar-refractivity contribution >= 4 is 6.08 Å². The predicted octanol–water partition coefficient (Wildman–Crippen LogP) is 6.37. The maximum atomic E-state index is 10.6. The van der Waals surface area contributed by atoms with E-state index >= 15 is 0 Å². The summed E-state index contributed by atoms with van der Waals surface area (Å²) < 4.78 is 0. The molecule has 1 atom stereocenters. The molecule has 22 heavy (non-hydrogen) atoms. The molecular formula is C20H31NO. The molecule has 0 aliphatic carbocycles. The molecule has 0 bridgehead atoms. The molecule has 2 nitrogen and oxygen atoms in total. The molecule has 122 valence electrons. The SMILES string of the molecule is CCCCCCCCCCCCC(N=C=O)c1ccccc1. The van der Waals surface area contributed by atoms with Gasteiger partial charge in [-0.15, -0.1) is 0 Å². The summed E-state index contributed by atoms with van der Waals surface area (Å²) in [6, 6.07) is 10.1. The Morgan fingerprint density at radius 2 is 1.41 bits per heavy atom. The highest BCUT2D eigenvalue weighted by Crippen LogP contribution is 2.23. The Balaban J connectivity index is 2.08. The van der Waals surface area contributed by atoms with E-state index in [0.29, 0.717) is 0 Å². The van der Waals surface area contributed by atoms with E-state index in [1.807, 2.05) is 30.3 Å². The van der Waals surface area contributed by atoms with Gasteiger partial charge in [0.25, 0.3) is 0 Å². The third kappa shape index (κ3) is 8.79. The molecule has 0 aliphatic rings. The van der Waals surface area contributed by atoms with Gasteiger partial charge in [-0.3, -0.25) is 0 Å². The Kier molecular flexibility index (Phi) is 11.3. The van der Waals surface area contributed by atoms with Gasteiger partial charge < -0.3 is 0 Å². The summed E-state index contributed by atoms with van der Waals surface area (Å²) in [6.45, 7) is 2.26. The van der Waals surface area contributed by atoms with Gasteiger partial charge >= 0.3 is 0 Å². The Hall–Kier alpha value is -1.40. The van der Waals surface area contributed by atoms with Crippen LogP contribution in [0.2, 0.25) is 0 Å². The maximum Gasteiger partial charge on any atom is 0.235 e. The summed E-state index contributed by atoms with van der Waals surface area (Å²) in [6.07, 6.45) is 16.0. The van der Waals surface area contributed by atoms with Crippen LogP contribution in [0.1, 0.15) is 89.2 Å². The van der Waals surface area contributed by atoms with E-state index in [1.54, 1.807) is 6.08 Å². The normalized spacial score (nSPS) is 11.9. The molecule has 0 fully saturated rings. The molecule has 0 N–H and O–H groups in total. The molecule has 0 heterocycles. The van der Waals surface area contributed by atoms with Crippen LogP contribution in [0.4, 0.5) is 0 Å². The van der Waals surface area contributed by atoms with Crippen molar-refractivity contribution in [3.63, 3.8) is 0 Å². The number of hydrogen-bond acceptors (Lipinski definition) is 2. The largest absolute Gasteiger partial charge is 0.235 e. The van der Waals surface area contributed by atoms with Gasteiger partial charge in [0.05, 0.1) is 6.04 Å². The van der Waals surface area contributed by atoms with Crippen LogP contribution >= 0.6 is 0 Å². The fraction of sp³-hybridized carbons (Fsp3) is 0.650. The van der Waals surface area contributed by atoms with Crippen molar-refractivity contribution in [1.29, 1.82) is 0 Å². The van der Waals surface area contributed by atoms with E-state index < -0.39 is 0 Å². The predicted molar refractivity (Wildman–Crippen MR) is 93.8 cm³/mol. The highest BCUT2D eigenvalue weighted by Gasteiger charge is 2.08. The van der Waals surface area contributed by atoms with E-state index in [0.717, 1.165) is 18.4 Å². The third-order valence-corrected chi connectivity index (χ3v) is 4.22. The fourth-order valence-corrected chi connectivity index (χ4v) is 2.87. The molecule has 0 aliphatic heterocycles. The highest BCUT2D eigenvalue weighted by atomic mass is 16.1. The molecule has 1 aromatic carbocycles. The minimum absolute atomic E-state index is 0.00672. The second-order valence-electron chi connectivity index (χ2n) is 6.12. The van der Waals surface area contributed by atoms with Gasteiger partial charge in [-0.1, -0.05) is 101 Å². The topological polar surface area (TPSA) is 29.4 Å². The number of carbonyl (C=O) groups excluding carboxylic acids is 1. The maximum absolute atomic E-state index is 10.6. The van der Waals surface area contributed by atoms with Crippen LogP contribution in [-0.2, 0) is 4.79 Å². The quantitative estimate of drug-likeness (QED) is 0.236. The van der Waals surface area contributed by atoms with Gasteiger partial charge in [-0.05, 0) is 12.0 Å². The smallest absolute Gasteiger partial charge is 0.211 e. The summed E-state index contributed by atoms with van der Waals surface area (Å²) in [5.74, 6) is 0. The fourth-order valence-electron chi connectivity index (χ4n) is 2.87. The molecule has 0 saturated carbocycles. The number of rotatable bonds is 13. The van der Waals surface area contributed by atoms with Crippen molar-refractivity contribution in [3.8, 4) is 0 Å². The second kappa shape index (κ2) is 13.3. The third-order valence-electron chi connectivity index (χ3n) is 4.22. The van der Waals surface area contributed by atoms with Crippen LogP contribution in [0.3, 0.4) is 0 Å². The molecule has 0 radical (unpaired) electrons. The molecule has 1 rings (SSSR count). The van der Waals surface area contributed by atoms with E-state index in [9.17, 15) is 4.79 Å². The minimum Gasteiger partial charge on any atom is -0.211 e. The minimum atomic E-state index is -0.00672. The lowest BCUT2D eigenvalue weighted by Crippen LogP contribution is -1.95. The first kappa shape index (κ1) is 18.6. The summed E-state index contributed by atoms with van der Waals surface area (Å²) in [7, 11) is 0. The summed E-state index contributed by atoms with van der Waals surface area (Å²) in [4.78, 5) is 14.5. The van der Waals surface area contributed by atoms with E-state index in [4.69, 9.17) is 0 Å². The molecular weight excluding hydrogens is 270 g/mol. The lowest BCUT2D eigenvalue weighted by Gasteiger charge is -2.10. The van der Waals surface area contributed by atoms with Crippen LogP contribution in [-0.4, -0.2) is 6.08 Å². The number of aliphatic imine (C=N–C) groups is 1. The zero-order valence-electron chi connectivity index (χ0n) is 14.1. The number of nitrogens with zero attached hydrogens (tertiary/aromatic N) is 1. The average Bonchev–Trinajstić information content (AvgIpc) is 2.56. The standard InChI is InChI=1S/C20H31NO/c1-2-3-4-5-6-7-8-9-10-14-17-20(21-18-22)19-15-12-11-13-16-19/h11-13,15-16,20H,2-10,14,17H2,1H3. The number of unbranched alkanes of at least 4 members (excludes halogenated alkanes) is 9. The van der Waals surface area contributed by atoms with Gasteiger partial charge in [-0.2, -0.15) is 4.99 Å². The van der Waals surface area contributed by atoms with Crippen molar-refractivity contribution in [3.05, 3.63) is 35.9 Å². The Bertz CT molecular complexity index is 409. The highest BCUT2D eigenvalue weighted by molar-refractivity contribution is 5.35. The van der Waals surface area contributed by atoms with Crippen molar-refractivity contribution in [1.82, 2.24) is 0 Å². The van der Waals surface area contributed by atoms with Crippen LogP contribution in [0.5, 0.6) is 0 Å².